The Morgan fingerprint density at radius 1 is 1.07 bits per heavy atom. The minimum absolute atomic E-state index is 0.163. The molecule has 28 heavy (non-hydrogen) atoms. The lowest BCUT2D eigenvalue weighted by atomic mass is 10.1. The van der Waals surface area contributed by atoms with Gasteiger partial charge in [0.2, 0.25) is 0 Å². The zero-order chi connectivity index (χ0) is 20.5. The third kappa shape index (κ3) is 6.09. The monoisotopic (exact) mass is 446 g/mol. The molecule has 0 atom stereocenters. The first-order chi connectivity index (χ1) is 13.4. The molecule has 0 fully saturated rings. The Morgan fingerprint density at radius 3 is 2.50 bits per heavy atom. The van der Waals surface area contributed by atoms with E-state index in [0.717, 1.165) is 23.1 Å². The summed E-state index contributed by atoms with van der Waals surface area (Å²) in [5.74, 6) is 0.273. The Morgan fingerprint density at radius 2 is 1.82 bits per heavy atom. The first-order valence-electron chi connectivity index (χ1n) is 9.48. The fourth-order valence-corrected chi connectivity index (χ4v) is 3.18. The Labute approximate surface area is 175 Å². The van der Waals surface area contributed by atoms with Crippen molar-refractivity contribution in [2.45, 2.75) is 32.6 Å². The summed E-state index contributed by atoms with van der Waals surface area (Å²) in [6.45, 7) is 2.83. The molecular formula is C22H27BrN2O3. The largest absolute Gasteiger partial charge is 0.492 e. The van der Waals surface area contributed by atoms with Crippen LogP contribution < -0.4 is 10.1 Å². The summed E-state index contributed by atoms with van der Waals surface area (Å²) >= 11 is 3.47. The summed E-state index contributed by atoms with van der Waals surface area (Å²) in [7, 11) is 3.36. The van der Waals surface area contributed by atoms with E-state index in [2.05, 4.69) is 28.2 Å². The summed E-state index contributed by atoms with van der Waals surface area (Å²) in [6.07, 6.45) is 4.57. The number of benzene rings is 2. The molecule has 2 aromatic rings. The van der Waals surface area contributed by atoms with Gasteiger partial charge in [0.25, 0.3) is 11.8 Å². The van der Waals surface area contributed by atoms with E-state index in [1.807, 2.05) is 0 Å². The van der Waals surface area contributed by atoms with Gasteiger partial charge in [-0.05, 0) is 52.7 Å². The summed E-state index contributed by atoms with van der Waals surface area (Å²) in [4.78, 5) is 26.4. The van der Waals surface area contributed by atoms with Crippen LogP contribution in [0.3, 0.4) is 0 Å². The molecule has 0 aliphatic carbocycles. The van der Waals surface area contributed by atoms with Crippen molar-refractivity contribution in [1.29, 1.82) is 0 Å². The number of halogens is 1. The zero-order valence-electron chi connectivity index (χ0n) is 16.6. The number of amides is 2. The second kappa shape index (κ2) is 10.9. The molecule has 0 saturated carbocycles. The number of para-hydroxylation sites is 1. The van der Waals surface area contributed by atoms with Crippen LogP contribution in [0.25, 0.3) is 0 Å². The predicted octanol–water partition coefficient (Wildman–Crippen LogP) is 5.36. The maximum Gasteiger partial charge on any atom is 0.255 e. The SMILES string of the molecule is CCCCCCOc1ccc(C(=O)Nc2ccccc2C(=O)N(C)C)cc1Br. The first kappa shape index (κ1) is 22.0. The van der Waals surface area contributed by atoms with Crippen LogP contribution in [0.1, 0.15) is 53.3 Å². The fourth-order valence-electron chi connectivity index (χ4n) is 2.68. The van der Waals surface area contributed by atoms with Crippen molar-refractivity contribution in [3.05, 3.63) is 58.1 Å². The number of hydrogen-bond acceptors (Lipinski definition) is 3. The van der Waals surface area contributed by atoms with E-state index < -0.39 is 0 Å². The van der Waals surface area contributed by atoms with Crippen LogP contribution in [-0.2, 0) is 0 Å². The first-order valence-corrected chi connectivity index (χ1v) is 10.3. The van der Waals surface area contributed by atoms with Crippen molar-refractivity contribution in [2.75, 3.05) is 26.0 Å². The molecule has 5 nitrogen and oxygen atoms in total. The van der Waals surface area contributed by atoms with Gasteiger partial charge in [0.15, 0.2) is 0 Å². The molecule has 0 unspecified atom stereocenters. The van der Waals surface area contributed by atoms with E-state index >= 15 is 0 Å². The number of carbonyl (C=O) groups is 2. The Bertz CT molecular complexity index is 821. The van der Waals surface area contributed by atoms with Gasteiger partial charge in [0, 0.05) is 19.7 Å². The number of rotatable bonds is 9. The van der Waals surface area contributed by atoms with Crippen LogP contribution in [0.5, 0.6) is 5.75 Å². The lowest BCUT2D eigenvalue weighted by molar-refractivity contribution is 0.0828. The molecule has 2 amide bonds. The number of nitrogens with zero attached hydrogens (tertiary/aromatic N) is 1. The number of ether oxygens (including phenoxy) is 1. The maximum absolute atomic E-state index is 12.7. The van der Waals surface area contributed by atoms with E-state index in [9.17, 15) is 9.59 Å². The molecule has 0 aliphatic heterocycles. The number of anilines is 1. The van der Waals surface area contributed by atoms with Gasteiger partial charge in [-0.15, -0.1) is 0 Å². The second-order valence-electron chi connectivity index (χ2n) is 6.75. The van der Waals surface area contributed by atoms with Crippen LogP contribution in [0.2, 0.25) is 0 Å². The van der Waals surface area contributed by atoms with Gasteiger partial charge in [-0.3, -0.25) is 9.59 Å². The minimum atomic E-state index is -0.283. The molecule has 0 aromatic heterocycles. The summed E-state index contributed by atoms with van der Waals surface area (Å²) in [5.41, 5.74) is 1.42. The van der Waals surface area contributed by atoms with Gasteiger partial charge in [0.1, 0.15) is 5.75 Å². The number of carbonyl (C=O) groups excluding carboxylic acids is 2. The minimum Gasteiger partial charge on any atom is -0.492 e. The lowest BCUT2D eigenvalue weighted by Crippen LogP contribution is -2.24. The third-order valence-corrected chi connectivity index (χ3v) is 4.88. The molecule has 2 rings (SSSR count). The highest BCUT2D eigenvalue weighted by Gasteiger charge is 2.16. The Hall–Kier alpha value is -2.34. The fraction of sp³-hybridized carbons (Fsp3) is 0.364. The van der Waals surface area contributed by atoms with Crippen LogP contribution in [0.4, 0.5) is 5.69 Å². The molecule has 2 aromatic carbocycles. The molecular weight excluding hydrogens is 420 g/mol. The van der Waals surface area contributed by atoms with Crippen molar-refractivity contribution in [1.82, 2.24) is 4.90 Å². The van der Waals surface area contributed by atoms with Gasteiger partial charge >= 0.3 is 0 Å². The number of unbranched alkanes of at least 4 members (excludes halogenated alkanes) is 3. The molecule has 0 spiro atoms. The highest BCUT2D eigenvalue weighted by Crippen LogP contribution is 2.27. The Balaban J connectivity index is 2.06. The zero-order valence-corrected chi connectivity index (χ0v) is 18.2. The van der Waals surface area contributed by atoms with Crippen molar-refractivity contribution < 1.29 is 14.3 Å². The molecule has 0 saturated heterocycles. The van der Waals surface area contributed by atoms with E-state index in [-0.39, 0.29) is 11.8 Å². The molecule has 150 valence electrons. The van der Waals surface area contributed by atoms with Gasteiger partial charge < -0.3 is 15.0 Å². The topological polar surface area (TPSA) is 58.6 Å². The summed E-state index contributed by atoms with van der Waals surface area (Å²) in [6, 6.07) is 12.2. The van der Waals surface area contributed by atoms with Gasteiger partial charge in [-0.25, -0.2) is 0 Å². The second-order valence-corrected chi connectivity index (χ2v) is 7.61. The molecule has 0 heterocycles. The lowest BCUT2D eigenvalue weighted by Gasteiger charge is -2.15. The van der Waals surface area contributed by atoms with Crippen LogP contribution in [-0.4, -0.2) is 37.4 Å². The highest BCUT2D eigenvalue weighted by atomic mass is 79.9. The van der Waals surface area contributed by atoms with E-state index in [4.69, 9.17) is 4.74 Å². The molecule has 0 radical (unpaired) electrons. The average Bonchev–Trinajstić information content (AvgIpc) is 2.68. The van der Waals surface area contributed by atoms with Crippen molar-refractivity contribution in [3.63, 3.8) is 0 Å². The van der Waals surface area contributed by atoms with Crippen LogP contribution >= 0.6 is 15.9 Å². The third-order valence-electron chi connectivity index (χ3n) is 4.26. The quantitative estimate of drug-likeness (QED) is 0.527. The van der Waals surface area contributed by atoms with Gasteiger partial charge in [-0.2, -0.15) is 0 Å². The molecule has 6 heteroatoms. The number of hydrogen-bond donors (Lipinski definition) is 1. The van der Waals surface area contributed by atoms with Crippen molar-refractivity contribution >= 4 is 33.4 Å². The van der Waals surface area contributed by atoms with E-state index in [1.54, 1.807) is 56.6 Å². The van der Waals surface area contributed by atoms with E-state index in [0.29, 0.717) is 23.4 Å². The molecule has 1 N–H and O–H groups in total. The van der Waals surface area contributed by atoms with Crippen LogP contribution in [0, 0.1) is 0 Å². The van der Waals surface area contributed by atoms with Crippen molar-refractivity contribution in [2.24, 2.45) is 0 Å². The summed E-state index contributed by atoms with van der Waals surface area (Å²) in [5, 5.41) is 2.83. The van der Waals surface area contributed by atoms with Crippen LogP contribution in [0.15, 0.2) is 46.9 Å². The van der Waals surface area contributed by atoms with Gasteiger partial charge in [0.05, 0.1) is 22.3 Å². The normalized spacial score (nSPS) is 10.4. The smallest absolute Gasteiger partial charge is 0.255 e. The number of nitrogens with one attached hydrogen (secondary N) is 1. The molecule has 0 aliphatic rings. The van der Waals surface area contributed by atoms with E-state index in [1.165, 1.54) is 17.7 Å². The summed E-state index contributed by atoms with van der Waals surface area (Å²) < 4.78 is 6.51. The Kier molecular flexibility index (Phi) is 8.51. The maximum atomic E-state index is 12.7. The van der Waals surface area contributed by atoms with Gasteiger partial charge in [-0.1, -0.05) is 38.3 Å². The standard InChI is InChI=1S/C22H27BrN2O3/c1-4-5-6-9-14-28-20-13-12-16(15-18(20)23)21(26)24-19-11-8-7-10-17(19)22(27)25(2)3/h7-8,10-13,15H,4-6,9,14H2,1-3H3,(H,24,26). The molecule has 0 bridgehead atoms. The van der Waals surface area contributed by atoms with Crippen molar-refractivity contribution in [3.8, 4) is 5.75 Å². The predicted molar refractivity (Wildman–Crippen MR) is 116 cm³/mol. The average molecular weight is 447 g/mol. The highest BCUT2D eigenvalue weighted by molar-refractivity contribution is 9.10.